The third-order valence-electron chi connectivity index (χ3n) is 2.55. The van der Waals surface area contributed by atoms with E-state index in [0.717, 1.165) is 17.7 Å². The van der Waals surface area contributed by atoms with Crippen molar-refractivity contribution in [1.82, 2.24) is 4.98 Å². The molecule has 0 aliphatic rings. The van der Waals surface area contributed by atoms with Gasteiger partial charge in [-0.25, -0.2) is 0 Å². The van der Waals surface area contributed by atoms with Gasteiger partial charge in [-0.15, -0.1) is 0 Å². The van der Waals surface area contributed by atoms with Gasteiger partial charge < -0.3 is 5.73 Å². The molecule has 1 heterocycles. The van der Waals surface area contributed by atoms with Gasteiger partial charge in [0.1, 0.15) is 0 Å². The average Bonchev–Trinajstić information content (AvgIpc) is 2.38. The van der Waals surface area contributed by atoms with E-state index < -0.39 is 11.7 Å². The van der Waals surface area contributed by atoms with Crippen LogP contribution in [0.3, 0.4) is 0 Å². The van der Waals surface area contributed by atoms with Gasteiger partial charge in [0.05, 0.1) is 5.56 Å². The van der Waals surface area contributed by atoms with Crippen LogP contribution in [-0.4, -0.2) is 4.98 Å². The summed E-state index contributed by atoms with van der Waals surface area (Å²) in [7, 11) is 0. The van der Waals surface area contributed by atoms with Crippen LogP contribution in [0.25, 0.3) is 11.1 Å². The van der Waals surface area contributed by atoms with E-state index >= 15 is 0 Å². The summed E-state index contributed by atoms with van der Waals surface area (Å²) in [4.78, 5) is 3.96. The molecule has 2 N–H and O–H groups in total. The summed E-state index contributed by atoms with van der Waals surface area (Å²) < 4.78 is 37.8. The number of alkyl halides is 3. The number of halogens is 3. The summed E-state index contributed by atoms with van der Waals surface area (Å²) in [5.74, 6) is 0. The zero-order chi connectivity index (χ0) is 13.2. The number of benzene rings is 1. The first-order chi connectivity index (χ1) is 8.50. The maximum atomic E-state index is 12.6. The zero-order valence-corrected chi connectivity index (χ0v) is 9.41. The van der Waals surface area contributed by atoms with E-state index in [0.29, 0.717) is 17.7 Å². The Balaban J connectivity index is 2.44. The zero-order valence-electron chi connectivity index (χ0n) is 9.41. The van der Waals surface area contributed by atoms with Gasteiger partial charge in [-0.3, -0.25) is 4.98 Å². The standard InChI is InChI=1S/C13H11F3N2/c14-13(15,16)12-3-1-2-10(5-12)11-4-9(6-17)7-18-8-11/h1-5,7-8H,6,17H2. The predicted octanol–water partition coefficient (Wildman–Crippen LogP) is 3.23. The molecule has 0 unspecified atom stereocenters. The van der Waals surface area contributed by atoms with Crippen LogP contribution in [-0.2, 0) is 12.7 Å². The molecule has 0 spiro atoms. The van der Waals surface area contributed by atoms with Crippen LogP contribution in [0.2, 0.25) is 0 Å². The fourth-order valence-electron chi connectivity index (χ4n) is 1.63. The quantitative estimate of drug-likeness (QED) is 0.891. The molecule has 2 rings (SSSR count). The lowest BCUT2D eigenvalue weighted by molar-refractivity contribution is -0.137. The Bertz CT molecular complexity index is 550. The Hall–Kier alpha value is -1.88. The lowest BCUT2D eigenvalue weighted by Gasteiger charge is -2.09. The third kappa shape index (κ3) is 2.68. The molecular formula is C13H11F3N2. The van der Waals surface area contributed by atoms with Gasteiger partial charge in [0.2, 0.25) is 0 Å². The number of nitrogens with two attached hydrogens (primary N) is 1. The highest BCUT2D eigenvalue weighted by Gasteiger charge is 2.30. The molecule has 0 bridgehead atoms. The van der Waals surface area contributed by atoms with Crippen molar-refractivity contribution in [1.29, 1.82) is 0 Å². The number of rotatable bonds is 2. The summed E-state index contributed by atoms with van der Waals surface area (Å²) in [6, 6.07) is 6.89. The Morgan fingerprint density at radius 3 is 2.50 bits per heavy atom. The second-order valence-corrected chi connectivity index (χ2v) is 3.86. The van der Waals surface area contributed by atoms with Crippen molar-refractivity contribution in [2.75, 3.05) is 0 Å². The molecule has 0 radical (unpaired) electrons. The predicted molar refractivity (Wildman–Crippen MR) is 62.6 cm³/mol. The van der Waals surface area contributed by atoms with Crippen LogP contribution in [0.1, 0.15) is 11.1 Å². The summed E-state index contributed by atoms with van der Waals surface area (Å²) in [6.45, 7) is 0.305. The fraction of sp³-hybridized carbons (Fsp3) is 0.154. The molecule has 0 aliphatic heterocycles. The minimum atomic E-state index is -4.34. The molecule has 5 heteroatoms. The van der Waals surface area contributed by atoms with Gasteiger partial charge in [-0.2, -0.15) is 13.2 Å². The van der Waals surface area contributed by atoms with Gasteiger partial charge in [-0.1, -0.05) is 12.1 Å². The SMILES string of the molecule is NCc1cncc(-c2cccc(C(F)(F)F)c2)c1. The van der Waals surface area contributed by atoms with Crippen LogP contribution in [0, 0.1) is 0 Å². The molecular weight excluding hydrogens is 241 g/mol. The second-order valence-electron chi connectivity index (χ2n) is 3.86. The number of hydrogen-bond donors (Lipinski definition) is 1. The van der Waals surface area contributed by atoms with Gasteiger partial charge in [-0.05, 0) is 29.3 Å². The lowest BCUT2D eigenvalue weighted by atomic mass is 10.0. The molecule has 1 aromatic heterocycles. The number of pyridine rings is 1. The molecule has 2 nitrogen and oxygen atoms in total. The molecule has 0 saturated heterocycles. The first-order valence-corrected chi connectivity index (χ1v) is 5.32. The van der Waals surface area contributed by atoms with Gasteiger partial charge >= 0.3 is 6.18 Å². The van der Waals surface area contributed by atoms with Gasteiger partial charge in [0.25, 0.3) is 0 Å². The molecule has 0 atom stereocenters. The van der Waals surface area contributed by atoms with E-state index in [1.807, 2.05) is 0 Å². The Morgan fingerprint density at radius 1 is 1.06 bits per heavy atom. The highest BCUT2D eigenvalue weighted by Crippen LogP contribution is 2.32. The maximum absolute atomic E-state index is 12.6. The van der Waals surface area contributed by atoms with Crippen LogP contribution < -0.4 is 5.73 Å². The minimum Gasteiger partial charge on any atom is -0.326 e. The van der Waals surface area contributed by atoms with Crippen molar-refractivity contribution in [2.24, 2.45) is 5.73 Å². The summed E-state index contributed by atoms with van der Waals surface area (Å²) >= 11 is 0. The molecule has 0 saturated carbocycles. The Morgan fingerprint density at radius 2 is 1.83 bits per heavy atom. The molecule has 0 fully saturated rings. The number of hydrogen-bond acceptors (Lipinski definition) is 2. The van der Waals surface area contributed by atoms with E-state index in [4.69, 9.17) is 5.73 Å². The average molecular weight is 252 g/mol. The largest absolute Gasteiger partial charge is 0.416 e. The van der Waals surface area contributed by atoms with Crippen molar-refractivity contribution in [2.45, 2.75) is 12.7 Å². The molecule has 94 valence electrons. The highest BCUT2D eigenvalue weighted by atomic mass is 19.4. The van der Waals surface area contributed by atoms with E-state index in [2.05, 4.69) is 4.98 Å². The minimum absolute atomic E-state index is 0.305. The van der Waals surface area contributed by atoms with E-state index in [1.165, 1.54) is 12.3 Å². The lowest BCUT2D eigenvalue weighted by Crippen LogP contribution is -2.04. The highest BCUT2D eigenvalue weighted by molar-refractivity contribution is 5.64. The number of aromatic nitrogens is 1. The maximum Gasteiger partial charge on any atom is 0.416 e. The van der Waals surface area contributed by atoms with Gasteiger partial charge in [0.15, 0.2) is 0 Å². The summed E-state index contributed by atoms with van der Waals surface area (Å²) in [5, 5.41) is 0. The van der Waals surface area contributed by atoms with E-state index in [9.17, 15) is 13.2 Å². The molecule has 0 amide bonds. The van der Waals surface area contributed by atoms with Crippen LogP contribution in [0.5, 0.6) is 0 Å². The van der Waals surface area contributed by atoms with Crippen molar-refractivity contribution in [3.8, 4) is 11.1 Å². The number of nitrogens with zero attached hydrogens (tertiary/aromatic N) is 1. The van der Waals surface area contributed by atoms with Crippen molar-refractivity contribution < 1.29 is 13.2 Å². The first kappa shape index (κ1) is 12.6. The molecule has 0 aliphatic carbocycles. The fourth-order valence-corrected chi connectivity index (χ4v) is 1.63. The Kier molecular flexibility index (Phi) is 3.34. The molecule has 18 heavy (non-hydrogen) atoms. The van der Waals surface area contributed by atoms with Crippen molar-refractivity contribution >= 4 is 0 Å². The van der Waals surface area contributed by atoms with Crippen molar-refractivity contribution in [3.63, 3.8) is 0 Å². The Labute approximate surface area is 102 Å². The second kappa shape index (κ2) is 4.78. The van der Waals surface area contributed by atoms with Crippen LogP contribution in [0.15, 0.2) is 42.7 Å². The van der Waals surface area contributed by atoms with Crippen molar-refractivity contribution in [3.05, 3.63) is 53.9 Å². The monoisotopic (exact) mass is 252 g/mol. The van der Waals surface area contributed by atoms with Gasteiger partial charge in [0, 0.05) is 24.5 Å². The van der Waals surface area contributed by atoms with E-state index in [1.54, 1.807) is 18.3 Å². The summed E-state index contributed by atoms with van der Waals surface area (Å²) in [6.07, 6.45) is -1.22. The summed E-state index contributed by atoms with van der Waals surface area (Å²) in [5.41, 5.74) is 6.70. The van der Waals surface area contributed by atoms with E-state index in [-0.39, 0.29) is 0 Å². The molecule has 1 aromatic carbocycles. The first-order valence-electron chi connectivity index (χ1n) is 5.32. The third-order valence-corrected chi connectivity index (χ3v) is 2.55. The smallest absolute Gasteiger partial charge is 0.326 e. The van der Waals surface area contributed by atoms with Crippen LogP contribution >= 0.6 is 0 Å². The normalized spacial score (nSPS) is 11.6. The molecule has 2 aromatic rings. The topological polar surface area (TPSA) is 38.9 Å². The van der Waals surface area contributed by atoms with Crippen LogP contribution in [0.4, 0.5) is 13.2 Å².